The molecule has 1 saturated heterocycles. The summed E-state index contributed by atoms with van der Waals surface area (Å²) in [5, 5.41) is 11.7. The molecule has 1 heterocycles. The van der Waals surface area contributed by atoms with Gasteiger partial charge in [-0.2, -0.15) is 0 Å². The Morgan fingerprint density at radius 1 is 0.875 bits per heavy atom. The second-order valence-electron chi connectivity index (χ2n) is 9.30. The molecule has 32 heavy (non-hydrogen) atoms. The SMILES string of the molecule is CN(CC1C2CN(Cc3ccccc3)CC21)C(=O)C(O)(c1ccccc1)c1ccccc1. The number of carbonyl (C=O) groups excluding carboxylic acids is 1. The van der Waals surface area contributed by atoms with Crippen LogP contribution in [0.15, 0.2) is 91.0 Å². The van der Waals surface area contributed by atoms with Crippen molar-refractivity contribution in [2.75, 3.05) is 26.7 Å². The smallest absolute Gasteiger partial charge is 0.263 e. The van der Waals surface area contributed by atoms with Gasteiger partial charge in [0, 0.05) is 33.2 Å². The molecule has 0 aromatic heterocycles. The molecule has 1 amide bonds. The molecule has 0 radical (unpaired) electrons. The maximum absolute atomic E-state index is 13.6. The van der Waals surface area contributed by atoms with Crippen LogP contribution in [0, 0.1) is 17.8 Å². The van der Waals surface area contributed by atoms with Crippen molar-refractivity contribution in [3.8, 4) is 0 Å². The average molecular weight is 427 g/mol. The summed E-state index contributed by atoms with van der Waals surface area (Å²) in [6.07, 6.45) is 0. The van der Waals surface area contributed by atoms with E-state index in [1.54, 1.807) is 4.90 Å². The van der Waals surface area contributed by atoms with Crippen molar-refractivity contribution in [1.29, 1.82) is 0 Å². The van der Waals surface area contributed by atoms with Gasteiger partial charge >= 0.3 is 0 Å². The number of rotatable bonds is 7. The van der Waals surface area contributed by atoms with Crippen LogP contribution in [0.5, 0.6) is 0 Å². The summed E-state index contributed by atoms with van der Waals surface area (Å²) in [7, 11) is 1.83. The van der Waals surface area contributed by atoms with Gasteiger partial charge in [0.2, 0.25) is 0 Å². The largest absolute Gasteiger partial charge is 0.372 e. The van der Waals surface area contributed by atoms with E-state index >= 15 is 0 Å². The number of fused-ring (bicyclic) bond motifs is 1. The summed E-state index contributed by atoms with van der Waals surface area (Å²) in [6, 6.07) is 29.2. The van der Waals surface area contributed by atoms with E-state index in [9.17, 15) is 9.90 Å². The van der Waals surface area contributed by atoms with Gasteiger partial charge < -0.3 is 10.0 Å². The van der Waals surface area contributed by atoms with Gasteiger partial charge in [0.05, 0.1) is 0 Å². The first kappa shape index (κ1) is 20.9. The van der Waals surface area contributed by atoms with Crippen molar-refractivity contribution in [3.63, 3.8) is 0 Å². The first-order chi connectivity index (χ1) is 15.6. The Morgan fingerprint density at radius 3 is 1.84 bits per heavy atom. The van der Waals surface area contributed by atoms with Crippen LogP contribution in [-0.4, -0.2) is 47.5 Å². The molecule has 4 nitrogen and oxygen atoms in total. The summed E-state index contributed by atoms with van der Waals surface area (Å²) in [4.78, 5) is 17.9. The number of aliphatic hydroxyl groups is 1. The van der Waals surface area contributed by atoms with Gasteiger partial charge in [0.15, 0.2) is 5.60 Å². The Balaban J connectivity index is 1.26. The number of nitrogens with zero attached hydrogens (tertiary/aromatic N) is 2. The summed E-state index contributed by atoms with van der Waals surface area (Å²) in [5.41, 5.74) is 0.884. The summed E-state index contributed by atoms with van der Waals surface area (Å²) >= 11 is 0. The van der Waals surface area contributed by atoms with Crippen molar-refractivity contribution < 1.29 is 9.90 Å². The van der Waals surface area contributed by atoms with Crippen molar-refractivity contribution in [2.45, 2.75) is 12.1 Å². The Bertz CT molecular complexity index is 1000. The summed E-state index contributed by atoms with van der Waals surface area (Å²) < 4.78 is 0. The van der Waals surface area contributed by atoms with Crippen molar-refractivity contribution in [1.82, 2.24) is 9.80 Å². The molecule has 4 heteroatoms. The zero-order chi connectivity index (χ0) is 22.1. The maximum Gasteiger partial charge on any atom is 0.263 e. The fourth-order valence-corrected chi connectivity index (χ4v) is 5.43. The lowest BCUT2D eigenvalue weighted by molar-refractivity contribution is -0.147. The second-order valence-corrected chi connectivity index (χ2v) is 9.30. The highest BCUT2D eigenvalue weighted by Gasteiger charge is 2.56. The predicted octanol–water partition coefficient (Wildman–Crippen LogP) is 3.76. The number of likely N-dealkylation sites (N-methyl/N-ethyl adjacent to an activating group) is 1. The third-order valence-corrected chi connectivity index (χ3v) is 7.22. The molecule has 1 aliphatic heterocycles. The third-order valence-electron chi connectivity index (χ3n) is 7.22. The Morgan fingerprint density at radius 2 is 1.34 bits per heavy atom. The van der Waals surface area contributed by atoms with E-state index in [-0.39, 0.29) is 5.91 Å². The lowest BCUT2D eigenvalue weighted by Crippen LogP contribution is -2.47. The molecule has 2 atom stereocenters. The van der Waals surface area contributed by atoms with Gasteiger partial charge in [0.25, 0.3) is 5.91 Å². The molecule has 2 fully saturated rings. The lowest BCUT2D eigenvalue weighted by atomic mass is 9.85. The van der Waals surface area contributed by atoms with Crippen LogP contribution in [0.2, 0.25) is 0 Å². The van der Waals surface area contributed by atoms with E-state index in [4.69, 9.17) is 0 Å². The number of carbonyl (C=O) groups is 1. The van der Waals surface area contributed by atoms with Crippen LogP contribution in [-0.2, 0) is 16.9 Å². The zero-order valence-corrected chi connectivity index (χ0v) is 18.5. The first-order valence-electron chi connectivity index (χ1n) is 11.4. The van der Waals surface area contributed by atoms with E-state index in [2.05, 4.69) is 35.2 Å². The number of likely N-dealkylation sites (tertiary alicyclic amines) is 1. The molecule has 5 rings (SSSR count). The van der Waals surface area contributed by atoms with E-state index in [1.807, 2.05) is 67.7 Å². The van der Waals surface area contributed by atoms with Gasteiger partial charge in [0.1, 0.15) is 0 Å². The quantitative estimate of drug-likeness (QED) is 0.626. The number of hydrogen-bond acceptors (Lipinski definition) is 3. The molecule has 3 aromatic carbocycles. The summed E-state index contributed by atoms with van der Waals surface area (Å²) in [5.74, 6) is 1.55. The zero-order valence-electron chi connectivity index (χ0n) is 18.5. The van der Waals surface area contributed by atoms with Gasteiger partial charge in [-0.3, -0.25) is 9.69 Å². The molecular weight excluding hydrogens is 396 g/mol. The molecule has 2 aliphatic rings. The molecule has 1 aliphatic carbocycles. The second kappa shape index (κ2) is 8.53. The minimum atomic E-state index is -1.68. The number of amides is 1. The monoisotopic (exact) mass is 426 g/mol. The van der Waals surface area contributed by atoms with Crippen LogP contribution in [0.4, 0.5) is 0 Å². The Hall–Kier alpha value is -2.95. The standard InChI is InChI=1S/C28H30N2O2/c1-29(18-24-25-19-30(20-26(24)25)17-21-11-5-2-6-12-21)27(31)28(32,22-13-7-3-8-14-22)23-15-9-4-10-16-23/h2-16,24-26,32H,17-20H2,1H3. The number of piperidine rings is 1. The Labute approximate surface area is 190 Å². The van der Waals surface area contributed by atoms with Crippen molar-refractivity contribution in [2.24, 2.45) is 17.8 Å². The normalized spacial score (nSPS) is 22.4. The molecule has 1 N–H and O–H groups in total. The van der Waals surface area contributed by atoms with Gasteiger partial charge in [-0.05, 0) is 34.4 Å². The fraction of sp³-hybridized carbons (Fsp3) is 0.321. The van der Waals surface area contributed by atoms with Gasteiger partial charge in [-0.1, -0.05) is 91.0 Å². The molecular formula is C28H30N2O2. The van der Waals surface area contributed by atoms with Crippen LogP contribution in [0.3, 0.4) is 0 Å². The highest BCUT2D eigenvalue weighted by atomic mass is 16.3. The van der Waals surface area contributed by atoms with Crippen molar-refractivity contribution >= 4 is 5.91 Å². The maximum atomic E-state index is 13.6. The predicted molar refractivity (Wildman–Crippen MR) is 126 cm³/mol. The first-order valence-corrected chi connectivity index (χ1v) is 11.4. The van der Waals surface area contributed by atoms with Crippen LogP contribution in [0.25, 0.3) is 0 Å². The summed E-state index contributed by atoms with van der Waals surface area (Å²) in [6.45, 7) is 3.87. The van der Waals surface area contributed by atoms with E-state index in [0.717, 1.165) is 19.6 Å². The molecule has 1 saturated carbocycles. The number of hydrogen-bond donors (Lipinski definition) is 1. The highest BCUT2D eigenvalue weighted by molar-refractivity contribution is 5.90. The van der Waals surface area contributed by atoms with E-state index in [1.165, 1.54) is 5.56 Å². The van der Waals surface area contributed by atoms with E-state index in [0.29, 0.717) is 35.4 Å². The van der Waals surface area contributed by atoms with E-state index < -0.39 is 5.60 Å². The topological polar surface area (TPSA) is 43.8 Å². The molecule has 2 unspecified atom stereocenters. The molecule has 164 valence electrons. The van der Waals surface area contributed by atoms with Gasteiger partial charge in [-0.15, -0.1) is 0 Å². The lowest BCUT2D eigenvalue weighted by Gasteiger charge is -2.33. The fourth-order valence-electron chi connectivity index (χ4n) is 5.43. The minimum Gasteiger partial charge on any atom is -0.372 e. The molecule has 3 aromatic rings. The highest BCUT2D eigenvalue weighted by Crippen LogP contribution is 2.52. The van der Waals surface area contributed by atoms with Crippen LogP contribution < -0.4 is 0 Å². The number of benzene rings is 3. The van der Waals surface area contributed by atoms with Crippen molar-refractivity contribution in [3.05, 3.63) is 108 Å². The Kier molecular flexibility index (Phi) is 5.58. The average Bonchev–Trinajstić information content (AvgIpc) is 3.28. The molecule has 0 bridgehead atoms. The van der Waals surface area contributed by atoms with Crippen LogP contribution in [0.1, 0.15) is 16.7 Å². The molecule has 0 spiro atoms. The third kappa shape index (κ3) is 3.85. The van der Waals surface area contributed by atoms with Gasteiger partial charge in [-0.25, -0.2) is 0 Å². The van der Waals surface area contributed by atoms with Crippen LogP contribution >= 0.6 is 0 Å². The minimum absolute atomic E-state index is 0.263.